The molecule has 0 bridgehead atoms. The summed E-state index contributed by atoms with van der Waals surface area (Å²) >= 11 is 6.35. The molecule has 0 aliphatic carbocycles. The lowest BCUT2D eigenvalue weighted by Crippen LogP contribution is -2.20. The maximum Gasteiger partial charge on any atom is 0.142 e. The molecule has 0 amide bonds. The lowest BCUT2D eigenvalue weighted by atomic mass is 9.98. The van der Waals surface area contributed by atoms with Crippen molar-refractivity contribution >= 4 is 31.9 Å². The van der Waals surface area contributed by atoms with Gasteiger partial charge < -0.3 is 5.32 Å². The van der Waals surface area contributed by atoms with Crippen molar-refractivity contribution < 1.29 is 8.78 Å². The predicted octanol–water partition coefficient (Wildman–Crippen LogP) is 4.80. The molecule has 100 valence electrons. The fourth-order valence-electron chi connectivity index (χ4n) is 1.96. The standard InChI is InChI=1S/C14H11Br2F2N/c1-19-14(9-6-5-8(15)7-12(9)17)10-3-2-4-11(16)13(10)18/h2-7,14,19H,1H3. The van der Waals surface area contributed by atoms with E-state index in [2.05, 4.69) is 37.2 Å². The first-order valence-electron chi connectivity index (χ1n) is 5.60. The molecule has 1 unspecified atom stereocenters. The molecule has 2 aromatic rings. The van der Waals surface area contributed by atoms with Crippen molar-refractivity contribution in [3.8, 4) is 0 Å². The third-order valence-electron chi connectivity index (χ3n) is 2.85. The van der Waals surface area contributed by atoms with Crippen molar-refractivity contribution in [3.63, 3.8) is 0 Å². The quantitative estimate of drug-likeness (QED) is 0.793. The van der Waals surface area contributed by atoms with Gasteiger partial charge in [-0.3, -0.25) is 0 Å². The minimum Gasteiger partial charge on any atom is -0.309 e. The second kappa shape index (κ2) is 6.11. The van der Waals surface area contributed by atoms with Gasteiger partial charge in [0.25, 0.3) is 0 Å². The maximum atomic E-state index is 14.1. The van der Waals surface area contributed by atoms with Crippen LogP contribution >= 0.6 is 31.9 Å². The molecule has 0 heterocycles. The molecule has 2 aromatic carbocycles. The largest absolute Gasteiger partial charge is 0.309 e. The normalized spacial score (nSPS) is 12.5. The Labute approximate surface area is 127 Å². The van der Waals surface area contributed by atoms with Gasteiger partial charge in [-0.15, -0.1) is 0 Å². The summed E-state index contributed by atoms with van der Waals surface area (Å²) in [6, 6.07) is 9.19. The molecule has 2 rings (SSSR count). The van der Waals surface area contributed by atoms with Crippen LogP contribution in [0.3, 0.4) is 0 Å². The van der Waals surface area contributed by atoms with E-state index in [-0.39, 0.29) is 11.6 Å². The van der Waals surface area contributed by atoms with Gasteiger partial charge in [-0.25, -0.2) is 8.78 Å². The van der Waals surface area contributed by atoms with Crippen LogP contribution in [0.25, 0.3) is 0 Å². The first kappa shape index (κ1) is 14.6. The van der Waals surface area contributed by atoms with Gasteiger partial charge in [0.15, 0.2) is 0 Å². The summed E-state index contributed by atoms with van der Waals surface area (Å²) in [7, 11) is 1.67. The van der Waals surface area contributed by atoms with Gasteiger partial charge >= 0.3 is 0 Å². The highest BCUT2D eigenvalue weighted by atomic mass is 79.9. The average Bonchev–Trinajstić information content (AvgIpc) is 2.37. The van der Waals surface area contributed by atoms with Crippen molar-refractivity contribution in [3.05, 3.63) is 68.1 Å². The highest BCUT2D eigenvalue weighted by Crippen LogP contribution is 2.30. The summed E-state index contributed by atoms with van der Waals surface area (Å²) in [6.07, 6.45) is 0. The number of hydrogen-bond acceptors (Lipinski definition) is 1. The maximum absolute atomic E-state index is 14.1. The van der Waals surface area contributed by atoms with Crippen LogP contribution in [0.1, 0.15) is 17.2 Å². The number of rotatable bonds is 3. The summed E-state index contributed by atoms with van der Waals surface area (Å²) in [5, 5.41) is 2.95. The highest BCUT2D eigenvalue weighted by molar-refractivity contribution is 9.10. The van der Waals surface area contributed by atoms with E-state index in [0.29, 0.717) is 20.1 Å². The van der Waals surface area contributed by atoms with E-state index in [1.807, 2.05) is 0 Å². The topological polar surface area (TPSA) is 12.0 Å². The zero-order valence-electron chi connectivity index (χ0n) is 10.1. The third-order valence-corrected chi connectivity index (χ3v) is 3.96. The molecule has 1 nitrogen and oxygen atoms in total. The monoisotopic (exact) mass is 389 g/mol. The van der Waals surface area contributed by atoms with Crippen LogP contribution in [0.15, 0.2) is 45.3 Å². The van der Waals surface area contributed by atoms with E-state index in [4.69, 9.17) is 0 Å². The Morgan fingerprint density at radius 1 is 1.05 bits per heavy atom. The second-order valence-corrected chi connectivity index (χ2v) is 5.80. The Morgan fingerprint density at radius 3 is 2.42 bits per heavy atom. The van der Waals surface area contributed by atoms with E-state index < -0.39 is 6.04 Å². The first-order valence-corrected chi connectivity index (χ1v) is 7.19. The lowest BCUT2D eigenvalue weighted by Gasteiger charge is -2.19. The summed E-state index contributed by atoms with van der Waals surface area (Å²) in [6.45, 7) is 0. The molecule has 19 heavy (non-hydrogen) atoms. The van der Waals surface area contributed by atoms with Crippen molar-refractivity contribution in [1.82, 2.24) is 5.32 Å². The molecular weight excluding hydrogens is 380 g/mol. The third kappa shape index (κ3) is 3.04. The predicted molar refractivity (Wildman–Crippen MR) is 79.1 cm³/mol. The molecule has 0 saturated heterocycles. The van der Waals surface area contributed by atoms with Gasteiger partial charge in [0.2, 0.25) is 0 Å². The van der Waals surface area contributed by atoms with Gasteiger partial charge in [0.05, 0.1) is 10.5 Å². The van der Waals surface area contributed by atoms with Crippen LogP contribution < -0.4 is 5.32 Å². The molecule has 1 N–H and O–H groups in total. The molecule has 1 atom stereocenters. The molecule has 0 saturated carbocycles. The zero-order chi connectivity index (χ0) is 14.0. The lowest BCUT2D eigenvalue weighted by molar-refractivity contribution is 0.544. The second-order valence-electron chi connectivity index (χ2n) is 4.03. The van der Waals surface area contributed by atoms with Gasteiger partial charge in [0, 0.05) is 15.6 Å². The van der Waals surface area contributed by atoms with Crippen molar-refractivity contribution in [2.45, 2.75) is 6.04 Å². The summed E-state index contributed by atoms with van der Waals surface area (Å²) in [4.78, 5) is 0. The van der Waals surface area contributed by atoms with Crippen LogP contribution in [0.4, 0.5) is 8.78 Å². The van der Waals surface area contributed by atoms with Crippen LogP contribution in [0.5, 0.6) is 0 Å². The first-order chi connectivity index (χ1) is 9.04. The Morgan fingerprint density at radius 2 is 1.79 bits per heavy atom. The van der Waals surface area contributed by atoms with Crippen LogP contribution in [0.2, 0.25) is 0 Å². The number of hydrogen-bond donors (Lipinski definition) is 1. The fourth-order valence-corrected chi connectivity index (χ4v) is 2.67. The fraction of sp³-hybridized carbons (Fsp3) is 0.143. The molecular formula is C14H11Br2F2N. The molecule has 0 spiro atoms. The Bertz CT molecular complexity index is 602. The van der Waals surface area contributed by atoms with Crippen LogP contribution in [-0.4, -0.2) is 7.05 Å². The van der Waals surface area contributed by atoms with Crippen LogP contribution in [0, 0.1) is 11.6 Å². The van der Waals surface area contributed by atoms with E-state index >= 15 is 0 Å². The molecule has 0 aliphatic heterocycles. The molecule has 0 fully saturated rings. The van der Waals surface area contributed by atoms with Crippen LogP contribution in [-0.2, 0) is 0 Å². The van der Waals surface area contributed by atoms with Gasteiger partial charge in [0.1, 0.15) is 11.6 Å². The Hall–Kier alpha value is -0.780. The average molecular weight is 391 g/mol. The molecule has 0 aliphatic rings. The van der Waals surface area contributed by atoms with Crippen molar-refractivity contribution in [2.75, 3.05) is 7.05 Å². The van der Waals surface area contributed by atoms with E-state index in [0.717, 1.165) is 0 Å². The number of halogens is 4. The highest BCUT2D eigenvalue weighted by Gasteiger charge is 2.20. The summed E-state index contributed by atoms with van der Waals surface area (Å²) < 4.78 is 29.1. The molecule has 5 heteroatoms. The zero-order valence-corrected chi connectivity index (χ0v) is 13.2. The molecule has 0 aromatic heterocycles. The minimum atomic E-state index is -0.536. The van der Waals surface area contributed by atoms with Crippen molar-refractivity contribution in [1.29, 1.82) is 0 Å². The number of nitrogens with one attached hydrogen (secondary N) is 1. The van der Waals surface area contributed by atoms with E-state index in [9.17, 15) is 8.78 Å². The smallest absolute Gasteiger partial charge is 0.142 e. The van der Waals surface area contributed by atoms with Crippen molar-refractivity contribution in [2.24, 2.45) is 0 Å². The SMILES string of the molecule is CNC(c1ccc(Br)cc1F)c1cccc(Br)c1F. The molecule has 0 radical (unpaired) electrons. The van der Waals surface area contributed by atoms with Gasteiger partial charge in [-0.1, -0.05) is 34.1 Å². The van der Waals surface area contributed by atoms with E-state index in [1.54, 1.807) is 37.4 Å². The van der Waals surface area contributed by atoms with Gasteiger partial charge in [-0.05, 0) is 41.2 Å². The minimum absolute atomic E-state index is 0.364. The Balaban J connectivity index is 2.53. The summed E-state index contributed by atoms with van der Waals surface area (Å²) in [5.74, 6) is -0.766. The Kier molecular flexibility index (Phi) is 4.71. The van der Waals surface area contributed by atoms with E-state index in [1.165, 1.54) is 6.07 Å². The number of benzene rings is 2. The summed E-state index contributed by atoms with van der Waals surface area (Å²) in [5.41, 5.74) is 0.806. The van der Waals surface area contributed by atoms with Gasteiger partial charge in [-0.2, -0.15) is 0 Å².